The first kappa shape index (κ1) is 18.5. The number of benzene rings is 2. The second kappa shape index (κ2) is 7.11. The van der Waals surface area contributed by atoms with Crippen LogP contribution in [0.1, 0.15) is 5.56 Å². The summed E-state index contributed by atoms with van der Waals surface area (Å²) in [7, 11) is -3.69. The summed E-state index contributed by atoms with van der Waals surface area (Å²) in [6.45, 7) is 3.40. The summed E-state index contributed by atoms with van der Waals surface area (Å²) in [6.07, 6.45) is 0. The normalized spacial score (nSPS) is 16.2. The fourth-order valence-electron chi connectivity index (χ4n) is 2.81. The average Bonchev–Trinajstić information content (AvgIpc) is 2.60. The zero-order valence-electron chi connectivity index (χ0n) is 13.5. The third-order valence-electron chi connectivity index (χ3n) is 4.33. The predicted octanol–water partition coefficient (Wildman–Crippen LogP) is 3.95. The quantitative estimate of drug-likeness (QED) is 0.779. The number of anilines is 1. The van der Waals surface area contributed by atoms with E-state index in [2.05, 4.69) is 0 Å². The van der Waals surface area contributed by atoms with Gasteiger partial charge in [0.15, 0.2) is 0 Å². The molecule has 0 saturated carbocycles. The van der Waals surface area contributed by atoms with Crippen LogP contribution in [0.5, 0.6) is 0 Å². The molecule has 1 heterocycles. The molecule has 8 heteroatoms. The van der Waals surface area contributed by atoms with Crippen LogP contribution in [0.2, 0.25) is 10.0 Å². The van der Waals surface area contributed by atoms with Gasteiger partial charge in [0.1, 0.15) is 10.7 Å². The largest absolute Gasteiger partial charge is 0.369 e. The lowest BCUT2D eigenvalue weighted by atomic mass is 10.2. The first-order valence-corrected chi connectivity index (χ1v) is 9.95. The number of rotatable bonds is 3. The molecule has 134 valence electrons. The van der Waals surface area contributed by atoms with E-state index in [1.807, 2.05) is 4.90 Å². The van der Waals surface area contributed by atoms with E-state index in [1.54, 1.807) is 25.1 Å². The van der Waals surface area contributed by atoms with Gasteiger partial charge < -0.3 is 4.90 Å². The molecule has 0 unspecified atom stereocenters. The third kappa shape index (κ3) is 3.62. The summed E-state index contributed by atoms with van der Waals surface area (Å²) in [5.41, 5.74) is 1.42. The van der Waals surface area contributed by atoms with E-state index >= 15 is 0 Å². The van der Waals surface area contributed by atoms with Crippen LogP contribution in [0.15, 0.2) is 41.3 Å². The van der Waals surface area contributed by atoms with Crippen molar-refractivity contribution >= 4 is 38.9 Å². The van der Waals surface area contributed by atoms with Gasteiger partial charge in [-0.15, -0.1) is 0 Å². The van der Waals surface area contributed by atoms with E-state index in [0.29, 0.717) is 36.8 Å². The van der Waals surface area contributed by atoms with Crippen LogP contribution in [0.3, 0.4) is 0 Å². The van der Waals surface area contributed by atoms with Crippen molar-refractivity contribution in [2.75, 3.05) is 31.1 Å². The van der Waals surface area contributed by atoms with Gasteiger partial charge in [0.25, 0.3) is 0 Å². The van der Waals surface area contributed by atoms with Crippen molar-refractivity contribution in [2.24, 2.45) is 0 Å². The van der Waals surface area contributed by atoms with E-state index in [9.17, 15) is 12.8 Å². The van der Waals surface area contributed by atoms with Crippen molar-refractivity contribution in [3.63, 3.8) is 0 Å². The van der Waals surface area contributed by atoms with E-state index in [4.69, 9.17) is 23.2 Å². The summed E-state index contributed by atoms with van der Waals surface area (Å²) >= 11 is 12.2. The molecule has 0 aromatic heterocycles. The van der Waals surface area contributed by atoms with E-state index in [1.165, 1.54) is 22.5 Å². The fourth-order valence-corrected chi connectivity index (χ4v) is 5.02. The molecule has 0 aliphatic carbocycles. The van der Waals surface area contributed by atoms with Crippen molar-refractivity contribution in [3.8, 4) is 0 Å². The number of sulfonamides is 1. The van der Waals surface area contributed by atoms with Crippen LogP contribution in [0.4, 0.5) is 10.1 Å². The van der Waals surface area contributed by atoms with Gasteiger partial charge >= 0.3 is 0 Å². The summed E-state index contributed by atoms with van der Waals surface area (Å²) in [5.74, 6) is -0.294. The summed E-state index contributed by atoms with van der Waals surface area (Å²) in [4.78, 5) is 2.10. The molecule has 2 aromatic rings. The molecule has 0 bridgehead atoms. The van der Waals surface area contributed by atoms with Gasteiger partial charge in [-0.2, -0.15) is 4.31 Å². The van der Waals surface area contributed by atoms with Crippen molar-refractivity contribution in [1.29, 1.82) is 0 Å². The fraction of sp³-hybridized carbons (Fsp3) is 0.294. The van der Waals surface area contributed by atoms with Gasteiger partial charge in [-0.1, -0.05) is 23.2 Å². The standard InChI is InChI=1S/C17H17Cl2FN2O2S/c1-12-15(18)6-7-16(17(12)19)25(23,24)22-10-8-21(9-11-22)14-4-2-13(20)3-5-14/h2-7H,8-11H2,1H3. The number of piperazine rings is 1. The van der Waals surface area contributed by atoms with Crippen molar-refractivity contribution in [1.82, 2.24) is 4.31 Å². The maximum Gasteiger partial charge on any atom is 0.244 e. The summed E-state index contributed by atoms with van der Waals surface area (Å²) in [6, 6.07) is 9.17. The van der Waals surface area contributed by atoms with Crippen molar-refractivity contribution in [2.45, 2.75) is 11.8 Å². The van der Waals surface area contributed by atoms with E-state index < -0.39 is 10.0 Å². The minimum Gasteiger partial charge on any atom is -0.369 e. The Hall–Kier alpha value is -1.34. The Morgan fingerprint density at radius 3 is 2.16 bits per heavy atom. The number of hydrogen-bond donors (Lipinski definition) is 0. The summed E-state index contributed by atoms with van der Waals surface area (Å²) < 4.78 is 40.2. The van der Waals surface area contributed by atoms with Crippen molar-refractivity contribution in [3.05, 3.63) is 57.8 Å². The molecular weight excluding hydrogens is 386 g/mol. The molecule has 1 saturated heterocycles. The Labute approximate surface area is 156 Å². The Kier molecular flexibility index (Phi) is 5.25. The van der Waals surface area contributed by atoms with Crippen LogP contribution < -0.4 is 4.90 Å². The molecule has 0 radical (unpaired) electrons. The maximum absolute atomic E-state index is 13.0. The number of halogens is 3. The highest BCUT2D eigenvalue weighted by Crippen LogP contribution is 2.32. The minimum atomic E-state index is -3.69. The van der Waals surface area contributed by atoms with Crippen molar-refractivity contribution < 1.29 is 12.8 Å². The summed E-state index contributed by atoms with van der Waals surface area (Å²) in [5, 5.41) is 0.596. The Morgan fingerprint density at radius 2 is 1.56 bits per heavy atom. The van der Waals surface area contributed by atoms with Crippen LogP contribution in [-0.2, 0) is 10.0 Å². The Morgan fingerprint density at radius 1 is 0.960 bits per heavy atom. The number of hydrogen-bond acceptors (Lipinski definition) is 3. The second-order valence-corrected chi connectivity index (χ2v) is 8.54. The Balaban J connectivity index is 1.78. The highest BCUT2D eigenvalue weighted by Gasteiger charge is 2.30. The van der Waals surface area contributed by atoms with E-state index in [-0.39, 0.29) is 15.7 Å². The third-order valence-corrected chi connectivity index (χ3v) is 7.28. The molecule has 3 rings (SSSR count). The lowest BCUT2D eigenvalue weighted by Gasteiger charge is -2.35. The number of nitrogens with zero attached hydrogens (tertiary/aromatic N) is 2. The van der Waals surface area contributed by atoms with Crippen LogP contribution >= 0.6 is 23.2 Å². The molecule has 25 heavy (non-hydrogen) atoms. The van der Waals surface area contributed by atoms with Gasteiger partial charge in [-0.05, 0) is 48.9 Å². The zero-order chi connectivity index (χ0) is 18.2. The highest BCUT2D eigenvalue weighted by atomic mass is 35.5. The zero-order valence-corrected chi connectivity index (χ0v) is 15.9. The second-order valence-electron chi connectivity index (χ2n) is 5.85. The highest BCUT2D eigenvalue weighted by molar-refractivity contribution is 7.89. The van der Waals surface area contributed by atoms with Gasteiger partial charge in [-0.25, -0.2) is 12.8 Å². The first-order chi connectivity index (χ1) is 11.8. The molecule has 2 aromatic carbocycles. The molecule has 0 N–H and O–H groups in total. The molecular formula is C17H17Cl2FN2O2S. The van der Waals surface area contributed by atoms with Gasteiger partial charge in [0, 0.05) is 36.9 Å². The minimum absolute atomic E-state index is 0.0753. The average molecular weight is 403 g/mol. The van der Waals surface area contributed by atoms with Crippen LogP contribution in [0.25, 0.3) is 0 Å². The van der Waals surface area contributed by atoms with Gasteiger partial charge in [0.05, 0.1) is 5.02 Å². The first-order valence-electron chi connectivity index (χ1n) is 7.76. The molecule has 0 atom stereocenters. The SMILES string of the molecule is Cc1c(Cl)ccc(S(=O)(=O)N2CCN(c3ccc(F)cc3)CC2)c1Cl. The molecule has 0 spiro atoms. The smallest absolute Gasteiger partial charge is 0.244 e. The van der Waals surface area contributed by atoms with Crippen LogP contribution in [0, 0.1) is 12.7 Å². The van der Waals surface area contributed by atoms with Gasteiger partial charge in [0.2, 0.25) is 10.0 Å². The van der Waals surface area contributed by atoms with E-state index in [0.717, 1.165) is 5.69 Å². The lowest BCUT2D eigenvalue weighted by molar-refractivity contribution is 0.385. The maximum atomic E-state index is 13.0. The molecule has 1 aliphatic rings. The molecule has 4 nitrogen and oxygen atoms in total. The predicted molar refractivity (Wildman–Crippen MR) is 98.6 cm³/mol. The molecule has 1 aliphatic heterocycles. The van der Waals surface area contributed by atoms with Gasteiger partial charge in [-0.3, -0.25) is 0 Å². The monoisotopic (exact) mass is 402 g/mol. The lowest BCUT2D eigenvalue weighted by Crippen LogP contribution is -2.48. The van der Waals surface area contributed by atoms with Crippen LogP contribution in [-0.4, -0.2) is 38.9 Å². The molecule has 1 fully saturated rings. The Bertz CT molecular complexity index is 880. The molecule has 0 amide bonds. The topological polar surface area (TPSA) is 40.6 Å².